The number of halogens is 3. The van der Waals surface area contributed by atoms with Crippen LogP contribution in [-0.2, 0) is 6.54 Å². The van der Waals surface area contributed by atoms with Crippen molar-refractivity contribution in [1.29, 1.82) is 0 Å². The fourth-order valence-electron chi connectivity index (χ4n) is 1.38. The lowest BCUT2D eigenvalue weighted by atomic mass is 10.1. The lowest BCUT2D eigenvalue weighted by Gasteiger charge is -2.18. The molecule has 0 aliphatic rings. The van der Waals surface area contributed by atoms with Gasteiger partial charge in [-0.05, 0) is 19.9 Å². The molecule has 0 fully saturated rings. The van der Waals surface area contributed by atoms with Crippen molar-refractivity contribution in [2.45, 2.75) is 26.6 Å². The molecule has 0 spiro atoms. The zero-order valence-electron chi connectivity index (χ0n) is 8.67. The average molecular weight is 221 g/mol. The number of rotatable bonds is 3. The Bertz CT molecular complexity index is 330. The number of aromatic nitrogens is 2. The minimum Gasteiger partial charge on any atom is -0.330 e. The van der Waals surface area contributed by atoms with Gasteiger partial charge in [-0.2, -0.15) is 18.3 Å². The van der Waals surface area contributed by atoms with Crippen LogP contribution in [0.2, 0.25) is 0 Å². The van der Waals surface area contributed by atoms with E-state index in [2.05, 4.69) is 5.10 Å². The maximum atomic E-state index is 12.4. The summed E-state index contributed by atoms with van der Waals surface area (Å²) in [5.74, 6) is -1.53. The van der Waals surface area contributed by atoms with Crippen LogP contribution in [0.15, 0.2) is 6.07 Å². The fraction of sp³-hybridized carbons (Fsp3) is 0.667. The predicted molar refractivity (Wildman–Crippen MR) is 50.3 cm³/mol. The molecule has 0 radical (unpaired) electrons. The van der Waals surface area contributed by atoms with Crippen LogP contribution in [0.25, 0.3) is 0 Å². The normalized spacial score (nSPS) is 14.3. The third kappa shape index (κ3) is 2.95. The van der Waals surface area contributed by atoms with Gasteiger partial charge in [-0.25, -0.2) is 0 Å². The fourth-order valence-corrected chi connectivity index (χ4v) is 1.38. The molecule has 0 aromatic carbocycles. The van der Waals surface area contributed by atoms with E-state index in [1.807, 2.05) is 0 Å². The Morgan fingerprint density at radius 1 is 1.47 bits per heavy atom. The molecule has 0 saturated heterocycles. The standard InChI is InChI=1S/C9H14F3N3/c1-6-3-7(2)15(14-6)5-8(4-13)9(10,11)12/h3,8H,4-5,13H2,1-2H3. The molecule has 1 aromatic rings. The number of nitrogens with zero attached hydrogens (tertiary/aromatic N) is 2. The molecule has 2 N–H and O–H groups in total. The maximum absolute atomic E-state index is 12.4. The first-order valence-corrected chi connectivity index (χ1v) is 4.62. The smallest absolute Gasteiger partial charge is 0.330 e. The molecular formula is C9H14F3N3. The van der Waals surface area contributed by atoms with Crippen LogP contribution in [0.1, 0.15) is 11.4 Å². The summed E-state index contributed by atoms with van der Waals surface area (Å²) < 4.78 is 38.6. The Morgan fingerprint density at radius 3 is 2.40 bits per heavy atom. The van der Waals surface area contributed by atoms with Crippen molar-refractivity contribution < 1.29 is 13.2 Å². The van der Waals surface area contributed by atoms with Crippen LogP contribution in [0, 0.1) is 19.8 Å². The number of hydrogen-bond acceptors (Lipinski definition) is 2. The van der Waals surface area contributed by atoms with Crippen LogP contribution in [0.3, 0.4) is 0 Å². The summed E-state index contributed by atoms with van der Waals surface area (Å²) in [7, 11) is 0. The van der Waals surface area contributed by atoms with Crippen LogP contribution in [0.4, 0.5) is 13.2 Å². The summed E-state index contributed by atoms with van der Waals surface area (Å²) in [6.07, 6.45) is -4.26. The SMILES string of the molecule is Cc1cc(C)n(CC(CN)C(F)(F)F)n1. The highest BCUT2D eigenvalue weighted by atomic mass is 19.4. The van der Waals surface area contributed by atoms with E-state index in [1.54, 1.807) is 19.9 Å². The summed E-state index contributed by atoms with van der Waals surface area (Å²) in [6, 6.07) is 1.74. The molecule has 1 unspecified atom stereocenters. The largest absolute Gasteiger partial charge is 0.394 e. The highest BCUT2D eigenvalue weighted by Gasteiger charge is 2.39. The van der Waals surface area contributed by atoms with Gasteiger partial charge < -0.3 is 5.73 Å². The molecule has 3 nitrogen and oxygen atoms in total. The second kappa shape index (κ2) is 4.22. The Labute approximate surface area is 86.1 Å². The first-order valence-electron chi connectivity index (χ1n) is 4.62. The summed E-state index contributed by atoms with van der Waals surface area (Å²) in [4.78, 5) is 0. The minimum atomic E-state index is -4.26. The molecule has 0 amide bonds. The Hall–Kier alpha value is -1.04. The lowest BCUT2D eigenvalue weighted by Crippen LogP contribution is -2.34. The van der Waals surface area contributed by atoms with Gasteiger partial charge in [-0.1, -0.05) is 0 Å². The highest BCUT2D eigenvalue weighted by Crippen LogP contribution is 2.26. The van der Waals surface area contributed by atoms with Gasteiger partial charge in [-0.15, -0.1) is 0 Å². The first-order chi connectivity index (χ1) is 6.84. The zero-order chi connectivity index (χ0) is 11.6. The van der Waals surface area contributed by atoms with Gasteiger partial charge >= 0.3 is 6.18 Å². The Kier molecular flexibility index (Phi) is 3.38. The van der Waals surface area contributed by atoms with Crippen molar-refractivity contribution in [2.75, 3.05) is 6.54 Å². The van der Waals surface area contributed by atoms with Gasteiger partial charge in [-0.3, -0.25) is 4.68 Å². The summed E-state index contributed by atoms with van der Waals surface area (Å²) in [6.45, 7) is 2.85. The Balaban J connectivity index is 2.80. The van der Waals surface area contributed by atoms with Crippen LogP contribution in [0.5, 0.6) is 0 Å². The minimum absolute atomic E-state index is 0.209. The van der Waals surface area contributed by atoms with E-state index >= 15 is 0 Å². The van der Waals surface area contributed by atoms with E-state index in [0.717, 1.165) is 5.69 Å². The third-order valence-corrected chi connectivity index (χ3v) is 2.24. The molecule has 0 saturated carbocycles. The van der Waals surface area contributed by atoms with Gasteiger partial charge in [0.2, 0.25) is 0 Å². The molecule has 1 heterocycles. The van der Waals surface area contributed by atoms with E-state index in [-0.39, 0.29) is 6.54 Å². The number of aryl methyl sites for hydroxylation is 2. The predicted octanol–water partition coefficient (Wildman–Crippen LogP) is 1.64. The number of hydrogen-bond donors (Lipinski definition) is 1. The van der Waals surface area contributed by atoms with Gasteiger partial charge in [0.05, 0.1) is 18.2 Å². The van der Waals surface area contributed by atoms with Crippen LogP contribution in [-0.4, -0.2) is 22.5 Å². The second-order valence-corrected chi connectivity index (χ2v) is 3.58. The summed E-state index contributed by atoms with van der Waals surface area (Å²) in [5.41, 5.74) is 6.53. The van der Waals surface area contributed by atoms with Crippen molar-refractivity contribution in [3.05, 3.63) is 17.5 Å². The van der Waals surface area contributed by atoms with Crippen molar-refractivity contribution >= 4 is 0 Å². The highest BCUT2D eigenvalue weighted by molar-refractivity contribution is 5.06. The molecule has 86 valence electrons. The van der Waals surface area contributed by atoms with Gasteiger partial charge in [0.25, 0.3) is 0 Å². The molecule has 1 aromatic heterocycles. The van der Waals surface area contributed by atoms with Gasteiger partial charge in [0.15, 0.2) is 0 Å². The first kappa shape index (κ1) is 12.0. The van der Waals surface area contributed by atoms with Crippen LogP contribution >= 0.6 is 0 Å². The lowest BCUT2D eigenvalue weighted by molar-refractivity contribution is -0.175. The second-order valence-electron chi connectivity index (χ2n) is 3.58. The van der Waals surface area contributed by atoms with E-state index in [0.29, 0.717) is 5.69 Å². The maximum Gasteiger partial charge on any atom is 0.394 e. The molecule has 15 heavy (non-hydrogen) atoms. The molecular weight excluding hydrogens is 207 g/mol. The van der Waals surface area contributed by atoms with E-state index < -0.39 is 18.6 Å². The summed E-state index contributed by atoms with van der Waals surface area (Å²) >= 11 is 0. The van der Waals surface area contributed by atoms with E-state index in [9.17, 15) is 13.2 Å². The zero-order valence-corrected chi connectivity index (χ0v) is 8.67. The average Bonchev–Trinajstić information content (AvgIpc) is 2.38. The van der Waals surface area contributed by atoms with Crippen LogP contribution < -0.4 is 5.73 Å². The molecule has 1 rings (SSSR count). The van der Waals surface area contributed by atoms with Crippen molar-refractivity contribution in [1.82, 2.24) is 9.78 Å². The molecule has 1 atom stereocenters. The Morgan fingerprint density at radius 2 is 2.07 bits per heavy atom. The monoisotopic (exact) mass is 221 g/mol. The number of nitrogens with two attached hydrogens (primary N) is 1. The quantitative estimate of drug-likeness (QED) is 0.843. The topological polar surface area (TPSA) is 43.8 Å². The van der Waals surface area contributed by atoms with E-state index in [4.69, 9.17) is 5.73 Å². The number of alkyl halides is 3. The molecule has 0 bridgehead atoms. The molecule has 0 aliphatic carbocycles. The van der Waals surface area contributed by atoms with Gasteiger partial charge in [0, 0.05) is 12.2 Å². The van der Waals surface area contributed by atoms with Gasteiger partial charge in [0.1, 0.15) is 0 Å². The third-order valence-electron chi connectivity index (χ3n) is 2.24. The van der Waals surface area contributed by atoms with E-state index in [1.165, 1.54) is 4.68 Å². The van der Waals surface area contributed by atoms with Crippen molar-refractivity contribution in [3.63, 3.8) is 0 Å². The van der Waals surface area contributed by atoms with Crippen molar-refractivity contribution in [3.8, 4) is 0 Å². The summed E-state index contributed by atoms with van der Waals surface area (Å²) in [5, 5.41) is 3.97. The molecule has 0 aliphatic heterocycles. The van der Waals surface area contributed by atoms with Crippen molar-refractivity contribution in [2.24, 2.45) is 11.7 Å². The molecule has 6 heteroatoms.